The second kappa shape index (κ2) is 7.13. The van der Waals surface area contributed by atoms with Crippen molar-refractivity contribution in [2.45, 2.75) is 38.6 Å². The third-order valence-corrected chi connectivity index (χ3v) is 5.04. The lowest BCUT2D eigenvalue weighted by molar-refractivity contribution is -0.121. The second-order valence-corrected chi connectivity index (χ2v) is 6.73. The predicted molar refractivity (Wildman–Crippen MR) is 90.3 cm³/mol. The average Bonchev–Trinajstić information content (AvgIpc) is 2.99. The molecule has 1 saturated carbocycles. The van der Waals surface area contributed by atoms with E-state index in [1.165, 1.54) is 12.8 Å². The maximum Gasteiger partial charge on any atom is 0.251 e. The van der Waals surface area contributed by atoms with E-state index in [0.717, 1.165) is 31.6 Å². The van der Waals surface area contributed by atoms with E-state index in [4.69, 9.17) is 0 Å². The van der Waals surface area contributed by atoms with Gasteiger partial charge in [0.25, 0.3) is 5.91 Å². The highest BCUT2D eigenvalue weighted by molar-refractivity contribution is 5.96. The minimum atomic E-state index is -0.0244. The molecule has 3 rings (SSSR count). The van der Waals surface area contributed by atoms with E-state index in [1.54, 1.807) is 24.3 Å². The van der Waals surface area contributed by atoms with Gasteiger partial charge in [0.2, 0.25) is 5.91 Å². The van der Waals surface area contributed by atoms with Gasteiger partial charge in [-0.2, -0.15) is 0 Å². The van der Waals surface area contributed by atoms with Crippen LogP contribution in [0.5, 0.6) is 0 Å². The molecule has 2 aliphatic rings. The lowest BCUT2D eigenvalue weighted by atomic mass is 9.88. The first-order valence-electron chi connectivity index (χ1n) is 8.56. The fraction of sp³-hybridized carbons (Fsp3) is 0.556. The van der Waals surface area contributed by atoms with E-state index in [1.807, 2.05) is 6.92 Å². The van der Waals surface area contributed by atoms with Gasteiger partial charge in [0.05, 0.1) is 0 Å². The monoisotopic (exact) mass is 315 g/mol. The highest BCUT2D eigenvalue weighted by atomic mass is 16.2. The van der Waals surface area contributed by atoms with Gasteiger partial charge in [0.15, 0.2) is 0 Å². The molecule has 1 unspecified atom stereocenters. The van der Waals surface area contributed by atoms with Crippen LogP contribution in [-0.2, 0) is 4.79 Å². The molecule has 0 spiro atoms. The molecule has 0 bridgehead atoms. The molecule has 0 radical (unpaired) electrons. The molecule has 1 heterocycles. The summed E-state index contributed by atoms with van der Waals surface area (Å²) in [5, 5.41) is 9.19. The zero-order valence-corrected chi connectivity index (χ0v) is 13.6. The number of anilines is 1. The Morgan fingerprint density at radius 2 is 1.78 bits per heavy atom. The van der Waals surface area contributed by atoms with Crippen LogP contribution in [0.3, 0.4) is 0 Å². The molecule has 1 saturated heterocycles. The van der Waals surface area contributed by atoms with Gasteiger partial charge in [-0.1, -0.05) is 19.8 Å². The Hall–Kier alpha value is -1.88. The molecule has 124 valence electrons. The molecule has 2 amide bonds. The fourth-order valence-corrected chi connectivity index (χ4v) is 3.18. The molecule has 1 aliphatic carbocycles. The van der Waals surface area contributed by atoms with Gasteiger partial charge in [-0.05, 0) is 56.1 Å². The van der Waals surface area contributed by atoms with Crippen LogP contribution in [0.15, 0.2) is 24.3 Å². The number of carbonyl (C=O) groups excluding carboxylic acids is 2. The van der Waals surface area contributed by atoms with Crippen LogP contribution in [-0.4, -0.2) is 30.9 Å². The molecule has 3 N–H and O–H groups in total. The minimum absolute atomic E-state index is 0.00147. The van der Waals surface area contributed by atoms with E-state index in [2.05, 4.69) is 16.0 Å². The van der Waals surface area contributed by atoms with Crippen LogP contribution in [0.25, 0.3) is 0 Å². The lowest BCUT2D eigenvalue weighted by Gasteiger charge is -2.31. The van der Waals surface area contributed by atoms with Crippen LogP contribution in [0, 0.1) is 11.8 Å². The van der Waals surface area contributed by atoms with Crippen molar-refractivity contribution in [3.05, 3.63) is 29.8 Å². The third-order valence-electron chi connectivity index (χ3n) is 5.04. The molecule has 1 aromatic carbocycles. The quantitative estimate of drug-likeness (QED) is 0.780. The summed E-state index contributed by atoms with van der Waals surface area (Å²) in [4.78, 5) is 24.4. The highest BCUT2D eigenvalue weighted by Crippen LogP contribution is 2.20. The van der Waals surface area contributed by atoms with Gasteiger partial charge in [-0.15, -0.1) is 0 Å². The Kier molecular flexibility index (Phi) is 4.96. The normalized spacial score (nSPS) is 19.9. The fourth-order valence-electron chi connectivity index (χ4n) is 3.18. The number of nitrogens with one attached hydrogen (secondary N) is 3. The maximum atomic E-state index is 12.2. The summed E-state index contributed by atoms with van der Waals surface area (Å²) in [6.45, 7) is 3.79. The molecular weight excluding hydrogens is 290 g/mol. The van der Waals surface area contributed by atoms with E-state index < -0.39 is 0 Å². The van der Waals surface area contributed by atoms with E-state index in [0.29, 0.717) is 17.5 Å². The first kappa shape index (κ1) is 16.0. The van der Waals surface area contributed by atoms with Crippen molar-refractivity contribution in [3.8, 4) is 0 Å². The van der Waals surface area contributed by atoms with Crippen molar-refractivity contribution < 1.29 is 9.59 Å². The summed E-state index contributed by atoms with van der Waals surface area (Å²) >= 11 is 0. The standard InChI is InChI=1S/C18H25N3O2/c1-12(14-10-19-11-14)17(22)20-16-8-6-13(7-9-16)18(23)21-15-4-2-3-5-15/h6-9,12,14-15,19H,2-5,10-11H2,1H3,(H,20,22)(H,21,23). The van der Waals surface area contributed by atoms with E-state index in [-0.39, 0.29) is 17.7 Å². The Morgan fingerprint density at radius 1 is 1.13 bits per heavy atom. The average molecular weight is 315 g/mol. The van der Waals surface area contributed by atoms with Crippen LogP contribution < -0.4 is 16.0 Å². The van der Waals surface area contributed by atoms with Crippen LogP contribution in [0.1, 0.15) is 43.0 Å². The topological polar surface area (TPSA) is 70.2 Å². The van der Waals surface area contributed by atoms with E-state index in [9.17, 15) is 9.59 Å². The molecule has 1 atom stereocenters. The smallest absolute Gasteiger partial charge is 0.251 e. The summed E-state index contributed by atoms with van der Waals surface area (Å²) in [7, 11) is 0. The first-order valence-corrected chi connectivity index (χ1v) is 8.56. The number of amides is 2. The van der Waals surface area contributed by atoms with Gasteiger partial charge in [0.1, 0.15) is 0 Å². The third kappa shape index (κ3) is 3.91. The zero-order valence-electron chi connectivity index (χ0n) is 13.6. The largest absolute Gasteiger partial charge is 0.349 e. The predicted octanol–water partition coefficient (Wildman–Crippen LogP) is 2.15. The number of benzene rings is 1. The summed E-state index contributed by atoms with van der Waals surface area (Å²) in [6, 6.07) is 7.46. The van der Waals surface area contributed by atoms with Crippen LogP contribution in [0.2, 0.25) is 0 Å². The van der Waals surface area contributed by atoms with Crippen molar-refractivity contribution in [1.82, 2.24) is 10.6 Å². The molecular formula is C18H25N3O2. The number of hydrogen-bond acceptors (Lipinski definition) is 3. The summed E-state index contributed by atoms with van der Waals surface area (Å²) in [5.74, 6) is 0.441. The van der Waals surface area contributed by atoms with Crippen molar-refractivity contribution >= 4 is 17.5 Å². The van der Waals surface area contributed by atoms with Crippen molar-refractivity contribution in [2.24, 2.45) is 11.8 Å². The molecule has 1 aromatic rings. The highest BCUT2D eigenvalue weighted by Gasteiger charge is 2.28. The molecule has 23 heavy (non-hydrogen) atoms. The van der Waals surface area contributed by atoms with Gasteiger partial charge in [-0.3, -0.25) is 9.59 Å². The SMILES string of the molecule is CC(C(=O)Nc1ccc(C(=O)NC2CCCC2)cc1)C1CNC1. The molecule has 5 nitrogen and oxygen atoms in total. The first-order chi connectivity index (χ1) is 11.1. The summed E-state index contributed by atoms with van der Waals surface area (Å²) < 4.78 is 0. The van der Waals surface area contributed by atoms with Crippen LogP contribution >= 0.6 is 0 Å². The molecule has 1 aliphatic heterocycles. The zero-order chi connectivity index (χ0) is 16.2. The lowest BCUT2D eigenvalue weighted by Crippen LogP contribution is -2.48. The Labute approximate surface area is 137 Å². The summed E-state index contributed by atoms with van der Waals surface area (Å²) in [5.41, 5.74) is 1.39. The van der Waals surface area contributed by atoms with Crippen molar-refractivity contribution in [3.63, 3.8) is 0 Å². The molecule has 5 heteroatoms. The van der Waals surface area contributed by atoms with Gasteiger partial charge in [-0.25, -0.2) is 0 Å². The minimum Gasteiger partial charge on any atom is -0.349 e. The van der Waals surface area contributed by atoms with Gasteiger partial charge in [0, 0.05) is 23.2 Å². The number of rotatable bonds is 5. The van der Waals surface area contributed by atoms with Crippen LogP contribution in [0.4, 0.5) is 5.69 Å². The Bertz CT molecular complexity index is 560. The van der Waals surface area contributed by atoms with Crippen molar-refractivity contribution in [2.75, 3.05) is 18.4 Å². The maximum absolute atomic E-state index is 12.2. The van der Waals surface area contributed by atoms with Gasteiger partial charge < -0.3 is 16.0 Å². The van der Waals surface area contributed by atoms with Gasteiger partial charge >= 0.3 is 0 Å². The second-order valence-electron chi connectivity index (χ2n) is 6.73. The molecule has 0 aromatic heterocycles. The van der Waals surface area contributed by atoms with E-state index >= 15 is 0 Å². The molecule has 2 fully saturated rings. The number of carbonyl (C=O) groups is 2. The number of hydrogen-bond donors (Lipinski definition) is 3. The Morgan fingerprint density at radius 3 is 2.35 bits per heavy atom. The van der Waals surface area contributed by atoms with Crippen molar-refractivity contribution in [1.29, 1.82) is 0 Å². The summed E-state index contributed by atoms with van der Waals surface area (Å²) in [6.07, 6.45) is 4.55. The Balaban J connectivity index is 1.53.